The van der Waals surface area contributed by atoms with Gasteiger partial charge in [0.15, 0.2) is 0 Å². The van der Waals surface area contributed by atoms with Gasteiger partial charge in [-0.2, -0.15) is 0 Å². The SMILES string of the molecule is Cc1ccc(NC2(N)CCCCC2)cc1. The molecule has 1 saturated carbocycles. The second kappa shape index (κ2) is 4.23. The van der Waals surface area contributed by atoms with Crippen molar-refractivity contribution in [3.8, 4) is 0 Å². The van der Waals surface area contributed by atoms with E-state index in [1.165, 1.54) is 24.8 Å². The number of nitrogens with two attached hydrogens (primary N) is 1. The molecule has 2 heteroatoms. The Labute approximate surface area is 91.9 Å². The Kier molecular flexibility index (Phi) is 2.96. The summed E-state index contributed by atoms with van der Waals surface area (Å²) >= 11 is 0. The van der Waals surface area contributed by atoms with E-state index in [0.29, 0.717) is 0 Å². The van der Waals surface area contributed by atoms with E-state index < -0.39 is 0 Å². The maximum absolute atomic E-state index is 6.32. The molecule has 0 spiro atoms. The molecule has 15 heavy (non-hydrogen) atoms. The minimum Gasteiger partial charge on any atom is -0.367 e. The van der Waals surface area contributed by atoms with E-state index in [4.69, 9.17) is 5.73 Å². The smallest absolute Gasteiger partial charge is 0.0856 e. The number of rotatable bonds is 2. The molecule has 0 saturated heterocycles. The summed E-state index contributed by atoms with van der Waals surface area (Å²) in [6, 6.07) is 8.46. The van der Waals surface area contributed by atoms with Crippen LogP contribution in [-0.2, 0) is 0 Å². The van der Waals surface area contributed by atoms with Gasteiger partial charge in [0.05, 0.1) is 5.66 Å². The maximum atomic E-state index is 6.32. The third kappa shape index (κ3) is 2.72. The summed E-state index contributed by atoms with van der Waals surface area (Å²) in [5, 5.41) is 3.46. The normalized spacial score (nSPS) is 19.9. The van der Waals surface area contributed by atoms with Crippen LogP contribution in [0.25, 0.3) is 0 Å². The van der Waals surface area contributed by atoms with Gasteiger partial charge >= 0.3 is 0 Å². The van der Waals surface area contributed by atoms with Gasteiger partial charge in [-0.3, -0.25) is 0 Å². The highest BCUT2D eigenvalue weighted by Crippen LogP contribution is 2.27. The fourth-order valence-electron chi connectivity index (χ4n) is 2.23. The van der Waals surface area contributed by atoms with E-state index in [1.807, 2.05) is 0 Å². The van der Waals surface area contributed by atoms with E-state index >= 15 is 0 Å². The molecule has 0 heterocycles. The maximum Gasteiger partial charge on any atom is 0.0856 e. The first-order valence-electron chi connectivity index (χ1n) is 5.82. The van der Waals surface area contributed by atoms with Gasteiger partial charge in [-0.15, -0.1) is 0 Å². The van der Waals surface area contributed by atoms with E-state index in [9.17, 15) is 0 Å². The van der Waals surface area contributed by atoms with Gasteiger partial charge in [0.2, 0.25) is 0 Å². The Morgan fingerprint density at radius 3 is 2.27 bits per heavy atom. The third-order valence-electron chi connectivity index (χ3n) is 3.19. The first-order valence-corrected chi connectivity index (χ1v) is 5.82. The fourth-order valence-corrected chi connectivity index (χ4v) is 2.23. The highest BCUT2D eigenvalue weighted by atomic mass is 15.1. The lowest BCUT2D eigenvalue weighted by molar-refractivity contribution is 0.333. The largest absolute Gasteiger partial charge is 0.367 e. The highest BCUT2D eigenvalue weighted by molar-refractivity contribution is 5.46. The first kappa shape index (κ1) is 10.5. The molecule has 0 radical (unpaired) electrons. The van der Waals surface area contributed by atoms with Gasteiger partial charge < -0.3 is 11.1 Å². The van der Waals surface area contributed by atoms with Crippen molar-refractivity contribution < 1.29 is 0 Å². The molecule has 82 valence electrons. The van der Waals surface area contributed by atoms with E-state index in [2.05, 4.69) is 36.5 Å². The quantitative estimate of drug-likeness (QED) is 0.727. The summed E-state index contributed by atoms with van der Waals surface area (Å²) in [6.45, 7) is 2.10. The third-order valence-corrected chi connectivity index (χ3v) is 3.19. The topological polar surface area (TPSA) is 38.0 Å². The molecule has 1 aliphatic carbocycles. The van der Waals surface area contributed by atoms with E-state index in [1.54, 1.807) is 0 Å². The van der Waals surface area contributed by atoms with Crippen LogP contribution in [0.15, 0.2) is 24.3 Å². The van der Waals surface area contributed by atoms with Crippen LogP contribution < -0.4 is 11.1 Å². The van der Waals surface area contributed by atoms with Gasteiger partial charge in [-0.1, -0.05) is 24.1 Å². The fraction of sp³-hybridized carbons (Fsp3) is 0.538. The molecule has 2 rings (SSSR count). The molecule has 2 nitrogen and oxygen atoms in total. The summed E-state index contributed by atoms with van der Waals surface area (Å²) < 4.78 is 0. The Hall–Kier alpha value is -1.02. The van der Waals surface area contributed by atoms with E-state index in [-0.39, 0.29) is 5.66 Å². The number of nitrogens with one attached hydrogen (secondary N) is 1. The standard InChI is InChI=1S/C13H20N2/c1-11-5-7-12(8-6-11)15-13(14)9-3-2-4-10-13/h5-8,15H,2-4,9-10,14H2,1H3. The molecular weight excluding hydrogens is 184 g/mol. The summed E-state index contributed by atoms with van der Waals surface area (Å²) in [5.41, 5.74) is 8.58. The number of anilines is 1. The minimum absolute atomic E-state index is 0.173. The predicted octanol–water partition coefficient (Wildman–Crippen LogP) is 3.03. The molecule has 0 atom stereocenters. The summed E-state index contributed by atoms with van der Waals surface area (Å²) in [5.74, 6) is 0. The number of aryl methyl sites for hydroxylation is 1. The molecule has 0 bridgehead atoms. The number of hydrogen-bond donors (Lipinski definition) is 2. The van der Waals surface area contributed by atoms with Gasteiger partial charge in [-0.05, 0) is 44.7 Å². The zero-order chi connectivity index (χ0) is 10.7. The molecule has 3 N–H and O–H groups in total. The van der Waals surface area contributed by atoms with Crippen LogP contribution in [0.5, 0.6) is 0 Å². The van der Waals surface area contributed by atoms with Crippen molar-refractivity contribution in [1.29, 1.82) is 0 Å². The second-order valence-corrected chi connectivity index (χ2v) is 4.71. The zero-order valence-corrected chi connectivity index (χ0v) is 9.42. The number of benzene rings is 1. The Morgan fingerprint density at radius 1 is 1.07 bits per heavy atom. The molecule has 0 amide bonds. The van der Waals surface area contributed by atoms with Gasteiger partial charge in [0, 0.05) is 5.69 Å². The molecular formula is C13H20N2. The molecule has 0 unspecified atom stereocenters. The zero-order valence-electron chi connectivity index (χ0n) is 9.42. The van der Waals surface area contributed by atoms with Crippen molar-refractivity contribution in [3.63, 3.8) is 0 Å². The Balaban J connectivity index is 2.03. The lowest BCUT2D eigenvalue weighted by Crippen LogP contribution is -2.49. The van der Waals surface area contributed by atoms with Gasteiger partial charge in [0.25, 0.3) is 0 Å². The average Bonchev–Trinajstić information content (AvgIpc) is 2.22. The van der Waals surface area contributed by atoms with Crippen LogP contribution >= 0.6 is 0 Å². The molecule has 0 aromatic heterocycles. The highest BCUT2D eigenvalue weighted by Gasteiger charge is 2.26. The second-order valence-electron chi connectivity index (χ2n) is 4.71. The van der Waals surface area contributed by atoms with Crippen molar-refractivity contribution in [1.82, 2.24) is 0 Å². The molecule has 0 aliphatic heterocycles. The summed E-state index contributed by atoms with van der Waals surface area (Å²) in [7, 11) is 0. The van der Waals surface area contributed by atoms with Crippen LogP contribution in [0.4, 0.5) is 5.69 Å². The van der Waals surface area contributed by atoms with Crippen LogP contribution in [0.1, 0.15) is 37.7 Å². The average molecular weight is 204 g/mol. The van der Waals surface area contributed by atoms with Gasteiger partial charge in [-0.25, -0.2) is 0 Å². The minimum atomic E-state index is -0.173. The van der Waals surface area contributed by atoms with Crippen molar-refractivity contribution in [2.75, 3.05) is 5.32 Å². The molecule has 1 fully saturated rings. The van der Waals surface area contributed by atoms with Crippen molar-refractivity contribution in [2.24, 2.45) is 5.73 Å². The Bertz CT molecular complexity index is 310. The molecule has 1 aromatic carbocycles. The lowest BCUT2D eigenvalue weighted by atomic mass is 9.89. The first-order chi connectivity index (χ1) is 7.18. The van der Waals surface area contributed by atoms with Gasteiger partial charge in [0.1, 0.15) is 0 Å². The Morgan fingerprint density at radius 2 is 1.67 bits per heavy atom. The molecule has 1 aliphatic rings. The summed E-state index contributed by atoms with van der Waals surface area (Å²) in [6.07, 6.45) is 5.99. The monoisotopic (exact) mass is 204 g/mol. The van der Waals surface area contributed by atoms with Crippen LogP contribution in [0, 0.1) is 6.92 Å². The van der Waals surface area contributed by atoms with E-state index in [0.717, 1.165) is 18.5 Å². The molecule has 1 aromatic rings. The van der Waals surface area contributed by atoms with Crippen LogP contribution in [0.2, 0.25) is 0 Å². The van der Waals surface area contributed by atoms with Crippen LogP contribution in [-0.4, -0.2) is 5.66 Å². The van der Waals surface area contributed by atoms with Crippen molar-refractivity contribution in [3.05, 3.63) is 29.8 Å². The van der Waals surface area contributed by atoms with Crippen molar-refractivity contribution in [2.45, 2.75) is 44.7 Å². The lowest BCUT2D eigenvalue weighted by Gasteiger charge is -2.35. The van der Waals surface area contributed by atoms with Crippen LogP contribution in [0.3, 0.4) is 0 Å². The predicted molar refractivity (Wildman–Crippen MR) is 64.8 cm³/mol. The summed E-state index contributed by atoms with van der Waals surface area (Å²) in [4.78, 5) is 0. The van der Waals surface area contributed by atoms with Crippen molar-refractivity contribution >= 4 is 5.69 Å². The number of hydrogen-bond acceptors (Lipinski definition) is 2.